The van der Waals surface area contributed by atoms with Crippen LogP contribution in [-0.2, 0) is 6.18 Å². The van der Waals surface area contributed by atoms with E-state index in [1.54, 1.807) is 0 Å². The van der Waals surface area contributed by atoms with E-state index < -0.39 is 11.7 Å². The van der Waals surface area contributed by atoms with E-state index in [9.17, 15) is 13.2 Å². The maximum atomic E-state index is 12.4. The first-order valence-corrected chi connectivity index (χ1v) is 4.19. The summed E-state index contributed by atoms with van der Waals surface area (Å²) in [6.45, 7) is 2.08. The van der Waals surface area contributed by atoms with Crippen molar-refractivity contribution in [3.8, 4) is 5.75 Å². The van der Waals surface area contributed by atoms with Crippen molar-refractivity contribution in [2.24, 2.45) is 0 Å². The Hall–Kier alpha value is -1.26. The molecular formula is C9H10F3NO. The van der Waals surface area contributed by atoms with Crippen LogP contribution in [0.5, 0.6) is 5.75 Å². The highest BCUT2D eigenvalue weighted by Crippen LogP contribution is 2.35. The van der Waals surface area contributed by atoms with Crippen LogP contribution in [0.25, 0.3) is 0 Å². The van der Waals surface area contributed by atoms with Crippen LogP contribution in [0.4, 0.5) is 13.2 Å². The lowest BCUT2D eigenvalue weighted by Gasteiger charge is -2.12. The van der Waals surface area contributed by atoms with Crippen molar-refractivity contribution in [2.45, 2.75) is 19.5 Å². The summed E-state index contributed by atoms with van der Waals surface area (Å²) in [6.07, 6.45) is -1.54. The molecule has 1 rings (SSSR count). The van der Waals surface area contributed by atoms with E-state index in [0.717, 1.165) is 18.5 Å². The van der Waals surface area contributed by atoms with Crippen LogP contribution in [0.15, 0.2) is 18.5 Å². The smallest absolute Gasteiger partial charge is 0.420 e. The van der Waals surface area contributed by atoms with E-state index in [2.05, 4.69) is 4.98 Å². The average molecular weight is 205 g/mol. The summed E-state index contributed by atoms with van der Waals surface area (Å²) < 4.78 is 42.0. The summed E-state index contributed by atoms with van der Waals surface area (Å²) in [5.74, 6) is -0.207. The third kappa shape index (κ3) is 2.61. The Morgan fingerprint density at radius 2 is 2.14 bits per heavy atom. The van der Waals surface area contributed by atoms with Crippen molar-refractivity contribution < 1.29 is 17.9 Å². The van der Waals surface area contributed by atoms with Gasteiger partial charge in [0.2, 0.25) is 0 Å². The van der Waals surface area contributed by atoms with Gasteiger partial charge in [-0.3, -0.25) is 4.98 Å². The average Bonchev–Trinajstić information content (AvgIpc) is 2.14. The zero-order chi connectivity index (χ0) is 10.6. The van der Waals surface area contributed by atoms with Crippen molar-refractivity contribution in [3.63, 3.8) is 0 Å². The fraction of sp³-hybridized carbons (Fsp3) is 0.444. The third-order valence-corrected chi connectivity index (χ3v) is 1.55. The lowest BCUT2D eigenvalue weighted by atomic mass is 10.2. The van der Waals surface area contributed by atoms with E-state index in [-0.39, 0.29) is 12.4 Å². The van der Waals surface area contributed by atoms with Crippen LogP contribution in [0, 0.1) is 0 Å². The fourth-order valence-corrected chi connectivity index (χ4v) is 0.941. The molecule has 1 heterocycles. The first-order valence-electron chi connectivity index (χ1n) is 4.19. The second-order valence-electron chi connectivity index (χ2n) is 2.72. The molecule has 0 aliphatic heterocycles. The summed E-state index contributed by atoms with van der Waals surface area (Å²) in [7, 11) is 0. The van der Waals surface area contributed by atoms with E-state index in [1.807, 2.05) is 6.92 Å². The van der Waals surface area contributed by atoms with Crippen molar-refractivity contribution in [2.75, 3.05) is 6.61 Å². The molecule has 0 aromatic carbocycles. The largest absolute Gasteiger partial charge is 0.491 e. The quantitative estimate of drug-likeness (QED) is 0.756. The normalized spacial score (nSPS) is 11.4. The van der Waals surface area contributed by atoms with Gasteiger partial charge in [0.1, 0.15) is 11.3 Å². The van der Waals surface area contributed by atoms with Crippen LogP contribution >= 0.6 is 0 Å². The topological polar surface area (TPSA) is 22.1 Å². The van der Waals surface area contributed by atoms with Crippen molar-refractivity contribution in [1.29, 1.82) is 0 Å². The van der Waals surface area contributed by atoms with Crippen molar-refractivity contribution in [3.05, 3.63) is 24.0 Å². The molecule has 5 heteroatoms. The van der Waals surface area contributed by atoms with Crippen LogP contribution < -0.4 is 4.74 Å². The zero-order valence-electron chi connectivity index (χ0n) is 7.64. The van der Waals surface area contributed by atoms with E-state index in [1.165, 1.54) is 0 Å². The molecule has 1 aromatic heterocycles. The maximum absolute atomic E-state index is 12.4. The molecule has 0 aliphatic carbocycles. The maximum Gasteiger partial charge on any atom is 0.420 e. The minimum Gasteiger partial charge on any atom is -0.491 e. The Morgan fingerprint density at radius 3 is 2.71 bits per heavy atom. The van der Waals surface area contributed by atoms with Crippen molar-refractivity contribution in [1.82, 2.24) is 4.98 Å². The van der Waals surface area contributed by atoms with E-state index in [4.69, 9.17) is 4.74 Å². The standard InChI is InChI=1S/C9H10F3NO/c1-2-5-14-8-6-13-4-3-7(8)9(10,11)12/h3-4,6H,2,5H2,1H3. The zero-order valence-corrected chi connectivity index (χ0v) is 7.64. The molecule has 0 unspecified atom stereocenters. The van der Waals surface area contributed by atoms with Crippen LogP contribution in [0.3, 0.4) is 0 Å². The molecule has 2 nitrogen and oxygen atoms in total. The number of ether oxygens (including phenoxy) is 1. The number of aromatic nitrogens is 1. The molecule has 0 amide bonds. The minimum atomic E-state index is -4.38. The van der Waals surface area contributed by atoms with Crippen LogP contribution in [0.1, 0.15) is 18.9 Å². The van der Waals surface area contributed by atoms with E-state index >= 15 is 0 Å². The summed E-state index contributed by atoms with van der Waals surface area (Å²) in [5.41, 5.74) is -0.777. The fourth-order valence-electron chi connectivity index (χ4n) is 0.941. The Labute approximate surface area is 79.7 Å². The lowest BCUT2D eigenvalue weighted by molar-refractivity contribution is -0.139. The number of alkyl halides is 3. The molecule has 14 heavy (non-hydrogen) atoms. The van der Waals surface area contributed by atoms with Gasteiger partial charge >= 0.3 is 6.18 Å². The first-order chi connectivity index (χ1) is 6.55. The van der Waals surface area contributed by atoms with Gasteiger partial charge in [0.05, 0.1) is 12.8 Å². The molecule has 0 bridgehead atoms. The summed E-state index contributed by atoms with van der Waals surface area (Å²) in [6, 6.07) is 0.908. The van der Waals surface area contributed by atoms with Crippen molar-refractivity contribution >= 4 is 0 Å². The molecular weight excluding hydrogens is 195 g/mol. The predicted molar refractivity (Wildman–Crippen MR) is 45.0 cm³/mol. The highest BCUT2D eigenvalue weighted by Gasteiger charge is 2.34. The highest BCUT2D eigenvalue weighted by molar-refractivity contribution is 5.32. The molecule has 1 aromatic rings. The molecule has 0 aliphatic rings. The summed E-state index contributed by atoms with van der Waals surface area (Å²) >= 11 is 0. The lowest BCUT2D eigenvalue weighted by Crippen LogP contribution is -2.09. The molecule has 0 saturated heterocycles. The molecule has 78 valence electrons. The van der Waals surface area contributed by atoms with Gasteiger partial charge in [-0.1, -0.05) is 6.92 Å². The predicted octanol–water partition coefficient (Wildman–Crippen LogP) is 2.89. The third-order valence-electron chi connectivity index (χ3n) is 1.55. The SMILES string of the molecule is CCCOc1cnccc1C(F)(F)F. The minimum absolute atomic E-state index is 0.207. The Kier molecular flexibility index (Phi) is 3.33. The Bertz CT molecular complexity index is 298. The number of nitrogens with zero attached hydrogens (tertiary/aromatic N) is 1. The van der Waals surface area contributed by atoms with Gasteiger partial charge in [-0.15, -0.1) is 0 Å². The van der Waals surface area contributed by atoms with Gasteiger partial charge in [-0.05, 0) is 12.5 Å². The van der Waals surface area contributed by atoms with Gasteiger partial charge < -0.3 is 4.74 Å². The Balaban J connectivity index is 2.92. The second kappa shape index (κ2) is 4.30. The summed E-state index contributed by atoms with van der Waals surface area (Å²) in [4.78, 5) is 3.59. The highest BCUT2D eigenvalue weighted by atomic mass is 19.4. The molecule has 0 fully saturated rings. The number of pyridine rings is 1. The second-order valence-corrected chi connectivity index (χ2v) is 2.72. The van der Waals surface area contributed by atoms with Gasteiger partial charge in [0.15, 0.2) is 0 Å². The van der Waals surface area contributed by atoms with Gasteiger partial charge in [-0.25, -0.2) is 0 Å². The molecule has 0 radical (unpaired) electrons. The van der Waals surface area contributed by atoms with Gasteiger partial charge in [0, 0.05) is 6.20 Å². The van der Waals surface area contributed by atoms with Crippen LogP contribution in [0.2, 0.25) is 0 Å². The molecule has 0 N–H and O–H groups in total. The molecule has 0 atom stereocenters. The number of halogens is 3. The van der Waals surface area contributed by atoms with Gasteiger partial charge in [0.25, 0.3) is 0 Å². The number of hydrogen-bond donors (Lipinski definition) is 0. The number of rotatable bonds is 3. The number of hydrogen-bond acceptors (Lipinski definition) is 2. The van der Waals surface area contributed by atoms with Gasteiger partial charge in [-0.2, -0.15) is 13.2 Å². The monoisotopic (exact) mass is 205 g/mol. The first kappa shape index (κ1) is 10.8. The molecule has 0 saturated carbocycles. The molecule has 0 spiro atoms. The Morgan fingerprint density at radius 1 is 1.43 bits per heavy atom. The summed E-state index contributed by atoms with van der Waals surface area (Å²) in [5, 5.41) is 0. The van der Waals surface area contributed by atoms with Crippen LogP contribution in [-0.4, -0.2) is 11.6 Å². The van der Waals surface area contributed by atoms with E-state index in [0.29, 0.717) is 6.42 Å².